The Hall–Kier alpha value is -4.28. The Morgan fingerprint density at radius 1 is 0.583 bits per heavy atom. The molecular formula is C48H54Cl4F6N12O2. The highest BCUT2D eigenvalue weighted by atomic mass is 35.5. The summed E-state index contributed by atoms with van der Waals surface area (Å²) in [6, 6.07) is 8.49. The number of β-amino-alcohol motifs (C(OH)–C–C–N with tert-alkyl or cyclic N) is 2. The smallest absolute Gasteiger partial charge is 0.395 e. The van der Waals surface area contributed by atoms with Crippen LogP contribution in [-0.4, -0.2) is 138 Å². The summed E-state index contributed by atoms with van der Waals surface area (Å²) < 4.78 is 85.2. The molecule has 0 unspecified atom stereocenters. The minimum Gasteiger partial charge on any atom is -0.395 e. The minimum absolute atomic E-state index is 0.0635. The van der Waals surface area contributed by atoms with Gasteiger partial charge in [-0.05, 0) is 112 Å². The van der Waals surface area contributed by atoms with Crippen LogP contribution in [0, 0.1) is 23.7 Å². The van der Waals surface area contributed by atoms with Crippen LogP contribution in [0.1, 0.15) is 74.1 Å². The van der Waals surface area contributed by atoms with Crippen LogP contribution >= 0.6 is 46.4 Å². The van der Waals surface area contributed by atoms with Gasteiger partial charge in [-0.15, -0.1) is 0 Å². The molecule has 0 aliphatic carbocycles. The summed E-state index contributed by atoms with van der Waals surface area (Å²) in [6.45, 7) is 12.2. The fourth-order valence-corrected chi connectivity index (χ4v) is 11.7. The van der Waals surface area contributed by atoms with E-state index in [2.05, 4.69) is 39.9 Å². The van der Waals surface area contributed by atoms with E-state index in [0.29, 0.717) is 79.6 Å². The molecule has 4 aromatic heterocycles. The highest BCUT2D eigenvalue weighted by Gasteiger charge is 2.43. The molecular weight excluding hydrogens is 1030 g/mol. The van der Waals surface area contributed by atoms with Gasteiger partial charge >= 0.3 is 12.4 Å². The van der Waals surface area contributed by atoms with Gasteiger partial charge in [-0.25, -0.2) is 29.3 Å². The number of aliphatic hydroxyl groups is 2. The van der Waals surface area contributed by atoms with Crippen LogP contribution in [0.4, 0.5) is 38.0 Å². The number of hydrogen-bond acceptors (Lipinski definition) is 12. The number of halogens is 10. The summed E-state index contributed by atoms with van der Waals surface area (Å²) in [5, 5.41) is 27.8. The molecule has 0 bridgehead atoms. The topological polar surface area (TPSA) is 141 Å². The first-order chi connectivity index (χ1) is 34.3. The second-order valence-electron chi connectivity index (χ2n) is 19.2. The number of anilines is 2. The Bertz CT molecular complexity index is 2680. The van der Waals surface area contributed by atoms with Crippen LogP contribution in [-0.2, 0) is 12.4 Å². The quantitative estimate of drug-likeness (QED) is 0.113. The van der Waals surface area contributed by atoms with Gasteiger partial charge < -0.3 is 29.8 Å². The van der Waals surface area contributed by atoms with Crippen molar-refractivity contribution >= 4 is 80.4 Å². The number of fused-ring (bicyclic) bond motifs is 2. The number of alkyl halides is 6. The highest BCUT2D eigenvalue weighted by molar-refractivity contribution is 6.35. The van der Waals surface area contributed by atoms with E-state index in [9.17, 15) is 36.6 Å². The number of piperidine rings is 2. The Balaban J connectivity index is 0.000000178. The van der Waals surface area contributed by atoms with Crippen molar-refractivity contribution in [2.45, 2.75) is 64.0 Å². The number of rotatable bonds is 12. The van der Waals surface area contributed by atoms with Gasteiger partial charge in [-0.3, -0.25) is 0 Å². The predicted molar refractivity (Wildman–Crippen MR) is 265 cm³/mol. The van der Waals surface area contributed by atoms with Crippen molar-refractivity contribution in [1.29, 1.82) is 0 Å². The molecule has 6 aromatic rings. The Morgan fingerprint density at radius 3 is 1.32 bits per heavy atom. The van der Waals surface area contributed by atoms with E-state index in [4.69, 9.17) is 46.4 Å². The molecule has 24 heteroatoms. The maximum Gasteiger partial charge on any atom is 0.437 e. The van der Waals surface area contributed by atoms with Crippen molar-refractivity contribution in [2.24, 2.45) is 23.7 Å². The van der Waals surface area contributed by atoms with Crippen molar-refractivity contribution in [3.05, 3.63) is 91.4 Å². The average molecular weight is 1090 g/mol. The van der Waals surface area contributed by atoms with Crippen LogP contribution in [0.3, 0.4) is 0 Å². The SMILES string of the molecule is C[C@H](c1ccc(Cl)cc1Cl)n1nc(C(F)(F)F)c2ncc(N3CC([C@@H]4CCCN(CCO)C4)C3)nc21.C[C@H](c1ccc(Cl)cc1Cl)n1nc(C(F)(F)F)c2ncc(N3CC([C@H]4CCCN(CCO)C4)C3)nc21. The zero-order valence-corrected chi connectivity index (χ0v) is 42.5. The molecule has 388 valence electrons. The molecule has 0 spiro atoms. The summed E-state index contributed by atoms with van der Waals surface area (Å²) in [6.07, 6.45) is -2.04. The van der Waals surface area contributed by atoms with Crippen molar-refractivity contribution in [3.63, 3.8) is 0 Å². The van der Waals surface area contributed by atoms with Gasteiger partial charge in [0.25, 0.3) is 0 Å². The van der Waals surface area contributed by atoms with E-state index < -0.39 is 35.8 Å². The van der Waals surface area contributed by atoms with E-state index in [1.807, 2.05) is 9.80 Å². The monoisotopic (exact) mass is 1080 g/mol. The van der Waals surface area contributed by atoms with Gasteiger partial charge in [0.1, 0.15) is 22.7 Å². The fraction of sp³-hybridized carbons (Fsp3) is 0.542. The third-order valence-corrected chi connectivity index (χ3v) is 15.7. The second kappa shape index (κ2) is 21.5. The molecule has 0 saturated carbocycles. The van der Waals surface area contributed by atoms with Crippen LogP contribution in [0.2, 0.25) is 20.1 Å². The fourth-order valence-electron chi connectivity index (χ4n) is 10.6. The van der Waals surface area contributed by atoms with E-state index in [-0.39, 0.29) is 35.5 Å². The van der Waals surface area contributed by atoms with Crippen LogP contribution < -0.4 is 9.80 Å². The van der Waals surface area contributed by atoms with Crippen molar-refractivity contribution < 1.29 is 36.6 Å². The summed E-state index contributed by atoms with van der Waals surface area (Å²) in [5.41, 5.74) is -1.41. The molecule has 8 heterocycles. The molecule has 14 nitrogen and oxygen atoms in total. The molecule has 4 saturated heterocycles. The zero-order valence-electron chi connectivity index (χ0n) is 39.4. The van der Waals surface area contributed by atoms with Gasteiger partial charge in [0, 0.05) is 72.4 Å². The zero-order chi connectivity index (χ0) is 51.2. The van der Waals surface area contributed by atoms with E-state index in [0.717, 1.165) is 78.0 Å². The second-order valence-corrected chi connectivity index (χ2v) is 20.9. The van der Waals surface area contributed by atoms with E-state index in [1.165, 1.54) is 21.8 Å². The first kappa shape index (κ1) is 52.6. The third-order valence-electron chi connectivity index (χ3n) is 14.6. The number of aromatic nitrogens is 8. The van der Waals surface area contributed by atoms with E-state index in [1.54, 1.807) is 50.2 Å². The standard InChI is InChI=1S/2C24H27Cl2F3N6O/c2*1-14(18-5-4-17(25)9-19(18)26)35-23-21(22(32-35)24(27,28)29)30-10-20(31-23)34-12-16(13-34)15-3-2-6-33(11-15)7-8-36/h2*4-5,9-10,14-16,36H,2-3,6-8,11-13H2,1H3/t14-,15+;14-,15-/m11/s1. The number of hydrogen-bond donors (Lipinski definition) is 2. The first-order valence-electron chi connectivity index (χ1n) is 24.0. The molecule has 2 N–H and O–H groups in total. The lowest BCUT2D eigenvalue weighted by molar-refractivity contribution is -0.141. The largest absolute Gasteiger partial charge is 0.437 e. The molecule has 4 atom stereocenters. The molecule has 4 aliphatic heterocycles. The number of aliphatic hydroxyl groups excluding tert-OH is 2. The lowest BCUT2D eigenvalue weighted by Crippen LogP contribution is -2.54. The van der Waals surface area contributed by atoms with Gasteiger partial charge in [0.15, 0.2) is 22.7 Å². The Morgan fingerprint density at radius 2 is 0.972 bits per heavy atom. The summed E-state index contributed by atoms with van der Waals surface area (Å²) >= 11 is 24.7. The van der Waals surface area contributed by atoms with Gasteiger partial charge in [-0.1, -0.05) is 58.5 Å². The molecule has 4 aliphatic rings. The molecule has 10 rings (SSSR count). The van der Waals surface area contributed by atoms with Gasteiger partial charge in [0.2, 0.25) is 0 Å². The molecule has 0 amide bonds. The normalized spacial score (nSPS) is 20.6. The van der Waals surface area contributed by atoms with Gasteiger partial charge in [0.05, 0.1) is 37.7 Å². The average Bonchev–Trinajstić information content (AvgIpc) is 3.88. The van der Waals surface area contributed by atoms with Crippen molar-refractivity contribution in [3.8, 4) is 0 Å². The molecule has 2 aromatic carbocycles. The predicted octanol–water partition coefficient (Wildman–Crippen LogP) is 9.80. The minimum atomic E-state index is -4.67. The third kappa shape index (κ3) is 11.1. The Labute approximate surface area is 431 Å². The molecule has 72 heavy (non-hydrogen) atoms. The summed E-state index contributed by atoms with van der Waals surface area (Å²) in [4.78, 5) is 26.2. The highest BCUT2D eigenvalue weighted by Crippen LogP contribution is 2.41. The Kier molecular flexibility index (Phi) is 15.7. The maximum absolute atomic E-state index is 13.8. The number of likely N-dealkylation sites (tertiary alicyclic amines) is 2. The number of benzene rings is 2. The summed E-state index contributed by atoms with van der Waals surface area (Å²) in [7, 11) is 0. The van der Waals surface area contributed by atoms with E-state index >= 15 is 0 Å². The van der Waals surface area contributed by atoms with Crippen LogP contribution in [0.5, 0.6) is 0 Å². The van der Waals surface area contributed by atoms with Crippen molar-refractivity contribution in [2.75, 3.05) is 88.5 Å². The van der Waals surface area contributed by atoms with Crippen LogP contribution in [0.15, 0.2) is 48.8 Å². The first-order valence-corrected chi connectivity index (χ1v) is 25.5. The summed E-state index contributed by atoms with van der Waals surface area (Å²) in [5.74, 6) is 3.09. The van der Waals surface area contributed by atoms with Gasteiger partial charge in [-0.2, -0.15) is 36.5 Å². The molecule has 4 fully saturated rings. The number of nitrogens with zero attached hydrogens (tertiary/aromatic N) is 12. The van der Waals surface area contributed by atoms with Crippen LogP contribution in [0.25, 0.3) is 22.3 Å². The maximum atomic E-state index is 13.8. The van der Waals surface area contributed by atoms with Crippen molar-refractivity contribution in [1.82, 2.24) is 49.3 Å². The lowest BCUT2D eigenvalue weighted by atomic mass is 9.80. The molecule has 0 radical (unpaired) electrons. The lowest BCUT2D eigenvalue weighted by Gasteiger charge is -2.47.